The first-order valence-electron chi connectivity index (χ1n) is 6.11. The lowest BCUT2D eigenvalue weighted by molar-refractivity contribution is 0.0949. The van der Waals surface area contributed by atoms with Crippen molar-refractivity contribution >= 4 is 27.5 Å². The van der Waals surface area contributed by atoms with Gasteiger partial charge in [0.25, 0.3) is 0 Å². The van der Waals surface area contributed by atoms with Gasteiger partial charge in [-0.2, -0.15) is 5.26 Å². The first-order chi connectivity index (χ1) is 8.60. The monoisotopic (exact) mass is 327 g/mol. The topological polar surface area (TPSA) is 33.0 Å². The van der Waals surface area contributed by atoms with Crippen molar-refractivity contribution in [1.82, 2.24) is 0 Å². The second-order valence-corrected chi connectivity index (χ2v) is 6.18. The maximum Gasteiger partial charge on any atom is 0.134 e. The van der Waals surface area contributed by atoms with Gasteiger partial charge in [-0.15, -0.1) is 0 Å². The number of nitrogens with zero attached hydrogens (tertiary/aromatic N) is 1. The lowest BCUT2D eigenvalue weighted by atomic mass is 9.81. The van der Waals surface area contributed by atoms with Crippen LogP contribution in [0.5, 0.6) is 5.75 Å². The Morgan fingerprint density at radius 2 is 2.22 bits per heavy atom. The standard InChI is InChI=1S/C14H15BrClNO/c1-9-2-3-10(8-17)14(6-9)18-13-5-4-11(16)7-12(13)15/h4-5,7,9-10,14H,2-3,6H2,1H3. The minimum Gasteiger partial charge on any atom is -0.488 e. The molecule has 0 bridgehead atoms. The predicted molar refractivity (Wildman–Crippen MR) is 75.7 cm³/mol. The van der Waals surface area contributed by atoms with E-state index in [2.05, 4.69) is 28.9 Å². The van der Waals surface area contributed by atoms with Crippen LogP contribution in [0.15, 0.2) is 22.7 Å². The Kier molecular flexibility index (Phi) is 4.53. The Morgan fingerprint density at radius 3 is 2.89 bits per heavy atom. The van der Waals surface area contributed by atoms with E-state index in [1.165, 1.54) is 0 Å². The molecule has 0 spiro atoms. The van der Waals surface area contributed by atoms with E-state index < -0.39 is 0 Å². The van der Waals surface area contributed by atoms with Crippen molar-refractivity contribution in [2.24, 2.45) is 11.8 Å². The number of ether oxygens (including phenoxy) is 1. The summed E-state index contributed by atoms with van der Waals surface area (Å²) in [7, 11) is 0. The summed E-state index contributed by atoms with van der Waals surface area (Å²) in [5.74, 6) is 1.37. The van der Waals surface area contributed by atoms with Gasteiger partial charge in [0, 0.05) is 5.02 Å². The molecule has 1 aromatic rings. The zero-order valence-electron chi connectivity index (χ0n) is 10.2. The molecule has 1 aliphatic rings. The highest BCUT2D eigenvalue weighted by Crippen LogP contribution is 2.35. The third kappa shape index (κ3) is 3.18. The first kappa shape index (κ1) is 13.7. The quantitative estimate of drug-likeness (QED) is 0.780. The number of benzene rings is 1. The van der Waals surface area contributed by atoms with Crippen LogP contribution in [0.2, 0.25) is 5.02 Å². The van der Waals surface area contributed by atoms with Gasteiger partial charge in [0.2, 0.25) is 0 Å². The zero-order valence-corrected chi connectivity index (χ0v) is 12.5. The molecule has 1 aromatic carbocycles. The molecule has 2 rings (SSSR count). The van der Waals surface area contributed by atoms with Crippen molar-refractivity contribution < 1.29 is 4.74 Å². The van der Waals surface area contributed by atoms with Crippen LogP contribution in [0.3, 0.4) is 0 Å². The Labute approximate surface area is 121 Å². The van der Waals surface area contributed by atoms with E-state index in [1.54, 1.807) is 6.07 Å². The number of hydrogen-bond donors (Lipinski definition) is 0. The number of hydrogen-bond acceptors (Lipinski definition) is 2. The lowest BCUT2D eigenvalue weighted by Gasteiger charge is -2.31. The Balaban J connectivity index is 2.13. The molecule has 0 N–H and O–H groups in total. The summed E-state index contributed by atoms with van der Waals surface area (Å²) < 4.78 is 6.82. The highest BCUT2D eigenvalue weighted by molar-refractivity contribution is 9.10. The number of rotatable bonds is 2. The molecule has 1 fully saturated rings. The van der Waals surface area contributed by atoms with Crippen molar-refractivity contribution in [1.29, 1.82) is 5.26 Å². The molecule has 1 aliphatic carbocycles. The summed E-state index contributed by atoms with van der Waals surface area (Å²) >= 11 is 9.34. The summed E-state index contributed by atoms with van der Waals surface area (Å²) in [6.45, 7) is 2.21. The van der Waals surface area contributed by atoms with Crippen molar-refractivity contribution in [3.63, 3.8) is 0 Å². The summed E-state index contributed by atoms with van der Waals surface area (Å²) in [5, 5.41) is 9.85. The molecule has 0 aliphatic heterocycles. The third-order valence-corrected chi connectivity index (χ3v) is 4.25. The van der Waals surface area contributed by atoms with E-state index in [4.69, 9.17) is 16.3 Å². The van der Waals surface area contributed by atoms with Gasteiger partial charge in [-0.05, 0) is 59.3 Å². The summed E-state index contributed by atoms with van der Waals surface area (Å²) in [6, 6.07) is 7.82. The van der Waals surface area contributed by atoms with Crippen molar-refractivity contribution in [2.45, 2.75) is 32.3 Å². The first-order valence-corrected chi connectivity index (χ1v) is 7.28. The van der Waals surface area contributed by atoms with Gasteiger partial charge >= 0.3 is 0 Å². The average Bonchev–Trinajstić information content (AvgIpc) is 2.33. The van der Waals surface area contributed by atoms with E-state index in [0.29, 0.717) is 10.9 Å². The lowest BCUT2D eigenvalue weighted by Crippen LogP contribution is -2.32. The van der Waals surface area contributed by atoms with E-state index in [0.717, 1.165) is 29.5 Å². The van der Waals surface area contributed by atoms with Crippen LogP contribution in [0.4, 0.5) is 0 Å². The minimum absolute atomic E-state index is 0.0104. The van der Waals surface area contributed by atoms with Gasteiger partial charge < -0.3 is 4.74 Å². The molecule has 0 saturated heterocycles. The van der Waals surface area contributed by atoms with E-state index >= 15 is 0 Å². The third-order valence-electron chi connectivity index (χ3n) is 3.39. The van der Waals surface area contributed by atoms with Gasteiger partial charge in [0.1, 0.15) is 11.9 Å². The molecule has 0 heterocycles. The minimum atomic E-state index is -0.0174. The van der Waals surface area contributed by atoms with Crippen molar-refractivity contribution in [3.8, 4) is 11.8 Å². The molecule has 3 atom stereocenters. The normalized spacial score (nSPS) is 27.6. The van der Waals surface area contributed by atoms with Crippen molar-refractivity contribution in [3.05, 3.63) is 27.7 Å². The molecule has 2 nitrogen and oxygen atoms in total. The Hall–Kier alpha value is -0.720. The molecule has 1 saturated carbocycles. The van der Waals surface area contributed by atoms with Gasteiger partial charge in [-0.25, -0.2) is 0 Å². The highest BCUT2D eigenvalue weighted by Gasteiger charge is 2.30. The number of nitriles is 1. The second kappa shape index (κ2) is 5.95. The molecule has 18 heavy (non-hydrogen) atoms. The fourth-order valence-electron chi connectivity index (χ4n) is 2.34. The SMILES string of the molecule is CC1CCC(C#N)C(Oc2ccc(Cl)cc2Br)C1. The molecule has 3 unspecified atom stereocenters. The largest absolute Gasteiger partial charge is 0.488 e. The van der Waals surface area contributed by atoms with E-state index in [-0.39, 0.29) is 12.0 Å². The Bertz CT molecular complexity index is 471. The average molecular weight is 329 g/mol. The maximum atomic E-state index is 9.18. The predicted octanol–water partition coefficient (Wildman–Crippen LogP) is 4.81. The van der Waals surface area contributed by atoms with Crippen LogP contribution in [0.25, 0.3) is 0 Å². The fourth-order valence-corrected chi connectivity index (χ4v) is 3.12. The van der Waals surface area contributed by atoms with E-state index in [1.807, 2.05) is 12.1 Å². The molecular formula is C14H15BrClNO. The number of halogens is 2. The van der Waals surface area contributed by atoms with Crippen LogP contribution in [-0.4, -0.2) is 6.10 Å². The Morgan fingerprint density at radius 1 is 1.44 bits per heavy atom. The molecule has 0 aromatic heterocycles. The van der Waals surface area contributed by atoms with Crippen molar-refractivity contribution in [2.75, 3.05) is 0 Å². The van der Waals surface area contributed by atoms with Gasteiger partial charge in [-0.3, -0.25) is 0 Å². The van der Waals surface area contributed by atoms with Crippen LogP contribution in [0.1, 0.15) is 26.2 Å². The van der Waals surface area contributed by atoms with Gasteiger partial charge in [0.15, 0.2) is 0 Å². The summed E-state index contributed by atoms with van der Waals surface area (Å²) in [4.78, 5) is 0. The molecule has 0 radical (unpaired) electrons. The van der Waals surface area contributed by atoms with Crippen LogP contribution in [-0.2, 0) is 0 Å². The fraction of sp³-hybridized carbons (Fsp3) is 0.500. The molecule has 4 heteroatoms. The van der Waals surface area contributed by atoms with Crippen LogP contribution in [0, 0.1) is 23.2 Å². The maximum absolute atomic E-state index is 9.18. The highest BCUT2D eigenvalue weighted by atomic mass is 79.9. The van der Waals surface area contributed by atoms with Gasteiger partial charge in [-0.1, -0.05) is 18.5 Å². The molecule has 0 amide bonds. The summed E-state index contributed by atoms with van der Waals surface area (Å²) in [5.41, 5.74) is 0. The van der Waals surface area contributed by atoms with Crippen LogP contribution < -0.4 is 4.74 Å². The van der Waals surface area contributed by atoms with E-state index in [9.17, 15) is 5.26 Å². The summed E-state index contributed by atoms with van der Waals surface area (Å²) in [6.07, 6.45) is 2.96. The van der Waals surface area contributed by atoms with Gasteiger partial charge in [0.05, 0.1) is 16.5 Å². The molecular weight excluding hydrogens is 314 g/mol. The van der Waals surface area contributed by atoms with Crippen LogP contribution >= 0.6 is 27.5 Å². The second-order valence-electron chi connectivity index (χ2n) is 4.88. The molecule has 96 valence electrons. The smallest absolute Gasteiger partial charge is 0.134 e. The zero-order chi connectivity index (χ0) is 13.1.